The van der Waals surface area contributed by atoms with E-state index in [1.807, 2.05) is 25.7 Å². The molecule has 1 unspecified atom stereocenters. The zero-order chi connectivity index (χ0) is 13.8. The van der Waals surface area contributed by atoms with E-state index >= 15 is 0 Å². The predicted molar refractivity (Wildman–Crippen MR) is 73.7 cm³/mol. The number of nitrogens with one attached hydrogen (secondary N) is 1. The normalized spacial score (nSPS) is 20.6. The van der Waals surface area contributed by atoms with Crippen molar-refractivity contribution < 1.29 is 9.53 Å². The molecule has 1 heterocycles. The van der Waals surface area contributed by atoms with Gasteiger partial charge in [0.2, 0.25) is 0 Å². The zero-order valence-electron chi connectivity index (χ0n) is 12.5. The Balaban J connectivity index is 2.41. The minimum atomic E-state index is -0.407. The Hall–Kier alpha value is -0.770. The monoisotopic (exact) mass is 256 g/mol. The fraction of sp³-hybridized carbons (Fsp3) is 0.929. The van der Waals surface area contributed by atoms with Crippen molar-refractivity contribution in [3.05, 3.63) is 0 Å². The maximum absolute atomic E-state index is 12.0. The molecule has 0 aliphatic carbocycles. The van der Waals surface area contributed by atoms with Crippen LogP contribution in [0.1, 0.15) is 47.5 Å². The van der Waals surface area contributed by atoms with E-state index in [1.54, 1.807) is 0 Å². The Labute approximate surface area is 111 Å². The van der Waals surface area contributed by atoms with E-state index in [2.05, 4.69) is 19.2 Å². The Morgan fingerprint density at radius 1 is 1.44 bits per heavy atom. The molecular formula is C14H28N2O2. The Bertz CT molecular complexity index is 271. The van der Waals surface area contributed by atoms with E-state index in [4.69, 9.17) is 4.74 Å². The number of rotatable bonds is 4. The summed E-state index contributed by atoms with van der Waals surface area (Å²) in [7, 11) is 0. The van der Waals surface area contributed by atoms with Gasteiger partial charge in [0, 0.05) is 19.1 Å². The van der Waals surface area contributed by atoms with Crippen LogP contribution < -0.4 is 5.32 Å². The topological polar surface area (TPSA) is 41.6 Å². The highest BCUT2D eigenvalue weighted by molar-refractivity contribution is 5.69. The first kappa shape index (κ1) is 15.3. The summed E-state index contributed by atoms with van der Waals surface area (Å²) in [5.74, 6) is 0.640. The second-order valence-electron chi connectivity index (χ2n) is 6.52. The van der Waals surface area contributed by atoms with Crippen LogP contribution in [0, 0.1) is 5.92 Å². The SMILES string of the molecule is CC(C)CNCC1CCCN1C(=O)OC(C)(C)C. The molecule has 4 nitrogen and oxygen atoms in total. The van der Waals surface area contributed by atoms with Crippen molar-refractivity contribution in [2.75, 3.05) is 19.6 Å². The van der Waals surface area contributed by atoms with E-state index < -0.39 is 5.60 Å². The van der Waals surface area contributed by atoms with Crippen LogP contribution in [-0.4, -0.2) is 42.3 Å². The number of likely N-dealkylation sites (tertiary alicyclic amines) is 1. The van der Waals surface area contributed by atoms with Gasteiger partial charge in [-0.15, -0.1) is 0 Å². The molecule has 0 radical (unpaired) electrons. The van der Waals surface area contributed by atoms with Gasteiger partial charge in [-0.05, 0) is 46.1 Å². The fourth-order valence-electron chi connectivity index (χ4n) is 2.15. The van der Waals surface area contributed by atoms with Crippen molar-refractivity contribution in [3.8, 4) is 0 Å². The van der Waals surface area contributed by atoms with Crippen molar-refractivity contribution in [2.45, 2.75) is 59.1 Å². The van der Waals surface area contributed by atoms with Crippen LogP contribution in [0.3, 0.4) is 0 Å². The highest BCUT2D eigenvalue weighted by Gasteiger charge is 2.31. The molecule has 0 aromatic rings. The minimum absolute atomic E-state index is 0.170. The number of carbonyl (C=O) groups excluding carboxylic acids is 1. The molecule has 18 heavy (non-hydrogen) atoms. The van der Waals surface area contributed by atoms with Gasteiger partial charge < -0.3 is 15.0 Å². The molecule has 1 N–H and O–H groups in total. The van der Waals surface area contributed by atoms with Gasteiger partial charge in [-0.3, -0.25) is 0 Å². The van der Waals surface area contributed by atoms with Gasteiger partial charge in [-0.25, -0.2) is 4.79 Å². The van der Waals surface area contributed by atoms with Crippen LogP contribution in [0.25, 0.3) is 0 Å². The van der Waals surface area contributed by atoms with E-state index in [9.17, 15) is 4.79 Å². The van der Waals surface area contributed by atoms with Gasteiger partial charge >= 0.3 is 6.09 Å². The molecule has 1 fully saturated rings. The van der Waals surface area contributed by atoms with Crippen LogP contribution >= 0.6 is 0 Å². The molecule has 1 aliphatic heterocycles. The highest BCUT2D eigenvalue weighted by atomic mass is 16.6. The summed E-state index contributed by atoms with van der Waals surface area (Å²) < 4.78 is 5.44. The third-order valence-electron chi connectivity index (χ3n) is 2.94. The van der Waals surface area contributed by atoms with Crippen LogP contribution in [0.15, 0.2) is 0 Å². The molecule has 1 saturated heterocycles. The van der Waals surface area contributed by atoms with Gasteiger partial charge in [-0.2, -0.15) is 0 Å². The number of nitrogens with zero attached hydrogens (tertiary/aromatic N) is 1. The second kappa shape index (κ2) is 6.41. The van der Waals surface area contributed by atoms with Crippen LogP contribution in [0.5, 0.6) is 0 Å². The summed E-state index contributed by atoms with van der Waals surface area (Å²) in [5, 5.41) is 3.43. The lowest BCUT2D eigenvalue weighted by Crippen LogP contribution is -2.44. The lowest BCUT2D eigenvalue weighted by atomic mass is 10.2. The molecule has 4 heteroatoms. The molecule has 0 bridgehead atoms. The molecule has 1 amide bonds. The molecule has 0 aromatic heterocycles. The van der Waals surface area contributed by atoms with Crippen molar-refractivity contribution in [2.24, 2.45) is 5.92 Å². The minimum Gasteiger partial charge on any atom is -0.444 e. The lowest BCUT2D eigenvalue weighted by Gasteiger charge is -2.29. The maximum Gasteiger partial charge on any atom is 0.410 e. The first-order valence-electron chi connectivity index (χ1n) is 7.00. The van der Waals surface area contributed by atoms with Crippen LogP contribution in [-0.2, 0) is 4.74 Å². The molecular weight excluding hydrogens is 228 g/mol. The Morgan fingerprint density at radius 3 is 2.67 bits per heavy atom. The number of ether oxygens (including phenoxy) is 1. The van der Waals surface area contributed by atoms with E-state index in [-0.39, 0.29) is 6.09 Å². The molecule has 1 aliphatic rings. The molecule has 0 aromatic carbocycles. The van der Waals surface area contributed by atoms with Crippen molar-refractivity contribution >= 4 is 6.09 Å². The van der Waals surface area contributed by atoms with Gasteiger partial charge in [-0.1, -0.05) is 13.8 Å². The van der Waals surface area contributed by atoms with E-state index in [1.165, 1.54) is 0 Å². The number of hydrogen-bond acceptors (Lipinski definition) is 3. The summed E-state index contributed by atoms with van der Waals surface area (Å²) >= 11 is 0. The van der Waals surface area contributed by atoms with Crippen molar-refractivity contribution in [1.29, 1.82) is 0 Å². The zero-order valence-corrected chi connectivity index (χ0v) is 12.5. The molecule has 106 valence electrons. The number of carbonyl (C=O) groups is 1. The fourth-order valence-corrected chi connectivity index (χ4v) is 2.15. The van der Waals surface area contributed by atoms with Crippen molar-refractivity contribution in [3.63, 3.8) is 0 Å². The molecule has 1 rings (SSSR count). The second-order valence-corrected chi connectivity index (χ2v) is 6.52. The van der Waals surface area contributed by atoms with Crippen molar-refractivity contribution in [1.82, 2.24) is 10.2 Å². The first-order chi connectivity index (χ1) is 8.29. The van der Waals surface area contributed by atoms with Crippen LogP contribution in [0.4, 0.5) is 4.79 Å². The van der Waals surface area contributed by atoms with Crippen LogP contribution in [0.2, 0.25) is 0 Å². The molecule has 0 saturated carbocycles. The average molecular weight is 256 g/mol. The summed E-state index contributed by atoms with van der Waals surface area (Å²) in [6, 6.07) is 0.290. The van der Waals surface area contributed by atoms with Gasteiger partial charge in [0.1, 0.15) is 5.60 Å². The van der Waals surface area contributed by atoms with Gasteiger partial charge in [0.25, 0.3) is 0 Å². The largest absolute Gasteiger partial charge is 0.444 e. The smallest absolute Gasteiger partial charge is 0.410 e. The maximum atomic E-state index is 12.0. The van der Waals surface area contributed by atoms with Gasteiger partial charge in [0.05, 0.1) is 0 Å². The first-order valence-corrected chi connectivity index (χ1v) is 7.00. The molecule has 1 atom stereocenters. The number of amides is 1. The van der Waals surface area contributed by atoms with Gasteiger partial charge in [0.15, 0.2) is 0 Å². The average Bonchev–Trinajstić information content (AvgIpc) is 2.62. The summed E-state index contributed by atoms with van der Waals surface area (Å²) in [4.78, 5) is 13.9. The van der Waals surface area contributed by atoms with E-state index in [0.717, 1.165) is 32.5 Å². The summed E-state index contributed by atoms with van der Waals surface area (Å²) in [6.45, 7) is 12.8. The highest BCUT2D eigenvalue weighted by Crippen LogP contribution is 2.20. The number of hydrogen-bond donors (Lipinski definition) is 1. The van der Waals surface area contributed by atoms with E-state index in [0.29, 0.717) is 12.0 Å². The quantitative estimate of drug-likeness (QED) is 0.840. The Morgan fingerprint density at radius 2 is 2.11 bits per heavy atom. The third kappa shape index (κ3) is 5.25. The third-order valence-corrected chi connectivity index (χ3v) is 2.94. The standard InChI is InChI=1S/C14H28N2O2/c1-11(2)9-15-10-12-7-6-8-16(12)13(17)18-14(3,4)5/h11-12,15H,6-10H2,1-5H3. The summed E-state index contributed by atoms with van der Waals surface area (Å²) in [5.41, 5.74) is -0.407. The Kier molecular flexibility index (Phi) is 5.45. The lowest BCUT2D eigenvalue weighted by molar-refractivity contribution is 0.0226. The predicted octanol–water partition coefficient (Wildman–Crippen LogP) is 2.63. The molecule has 0 spiro atoms. The summed E-state index contributed by atoms with van der Waals surface area (Å²) in [6.07, 6.45) is 1.98.